The van der Waals surface area contributed by atoms with Gasteiger partial charge in [0.25, 0.3) is 0 Å². The SMILES string of the molecule is CSc1c(C)[nH]c2cc(F)ccc2c1=O. The van der Waals surface area contributed by atoms with E-state index in [4.69, 9.17) is 0 Å². The predicted molar refractivity (Wildman–Crippen MR) is 61.0 cm³/mol. The number of pyridine rings is 1. The summed E-state index contributed by atoms with van der Waals surface area (Å²) >= 11 is 1.40. The third kappa shape index (κ3) is 1.65. The molecule has 0 aliphatic rings. The van der Waals surface area contributed by atoms with Gasteiger partial charge in [-0.15, -0.1) is 11.8 Å². The third-order valence-electron chi connectivity index (χ3n) is 2.30. The first-order valence-corrected chi connectivity index (χ1v) is 5.72. The smallest absolute Gasteiger partial charge is 0.203 e. The van der Waals surface area contributed by atoms with Crippen molar-refractivity contribution >= 4 is 22.7 Å². The standard InChI is InChI=1S/C11H10FNOS/c1-6-11(15-2)10(14)8-4-3-7(12)5-9(8)13-6/h3-5H,1-2H3,(H,13,14). The average Bonchev–Trinajstić information content (AvgIpc) is 2.17. The van der Waals surface area contributed by atoms with Crippen molar-refractivity contribution in [3.8, 4) is 0 Å². The summed E-state index contributed by atoms with van der Waals surface area (Å²) in [6, 6.07) is 4.16. The summed E-state index contributed by atoms with van der Waals surface area (Å²) in [6.07, 6.45) is 1.85. The molecule has 0 atom stereocenters. The molecule has 2 nitrogen and oxygen atoms in total. The fraction of sp³-hybridized carbons (Fsp3) is 0.182. The number of halogens is 1. The molecule has 2 aromatic rings. The van der Waals surface area contributed by atoms with Crippen molar-refractivity contribution in [2.45, 2.75) is 11.8 Å². The van der Waals surface area contributed by atoms with E-state index in [1.165, 1.54) is 30.0 Å². The zero-order valence-corrected chi connectivity index (χ0v) is 9.24. The van der Waals surface area contributed by atoms with E-state index in [-0.39, 0.29) is 11.2 Å². The van der Waals surface area contributed by atoms with Crippen LogP contribution in [0.25, 0.3) is 10.9 Å². The molecule has 1 aromatic heterocycles. The molecule has 0 fully saturated rings. The summed E-state index contributed by atoms with van der Waals surface area (Å²) in [4.78, 5) is 15.6. The maximum absolute atomic E-state index is 13.0. The molecule has 0 radical (unpaired) electrons. The van der Waals surface area contributed by atoms with E-state index in [0.717, 1.165) is 5.69 Å². The van der Waals surface area contributed by atoms with Gasteiger partial charge in [0.15, 0.2) is 0 Å². The highest BCUT2D eigenvalue weighted by molar-refractivity contribution is 7.98. The summed E-state index contributed by atoms with van der Waals surface area (Å²) in [6.45, 7) is 1.82. The molecule has 0 aliphatic carbocycles. The second kappa shape index (κ2) is 3.70. The number of thioether (sulfide) groups is 1. The molecule has 0 aliphatic heterocycles. The number of aromatic nitrogens is 1. The summed E-state index contributed by atoms with van der Waals surface area (Å²) in [7, 11) is 0. The van der Waals surface area contributed by atoms with E-state index < -0.39 is 0 Å². The van der Waals surface area contributed by atoms with Crippen LogP contribution in [-0.4, -0.2) is 11.2 Å². The van der Waals surface area contributed by atoms with E-state index >= 15 is 0 Å². The Kier molecular flexibility index (Phi) is 2.52. The Labute approximate surface area is 90.5 Å². The summed E-state index contributed by atoms with van der Waals surface area (Å²) in [5.41, 5.74) is 1.30. The maximum atomic E-state index is 13.0. The molecule has 0 saturated carbocycles. The quantitative estimate of drug-likeness (QED) is 0.754. The zero-order valence-electron chi connectivity index (χ0n) is 8.43. The molecule has 15 heavy (non-hydrogen) atoms. The van der Waals surface area contributed by atoms with Crippen LogP contribution < -0.4 is 5.43 Å². The zero-order chi connectivity index (χ0) is 11.0. The molecule has 78 valence electrons. The largest absolute Gasteiger partial charge is 0.357 e. The fourth-order valence-corrected chi connectivity index (χ4v) is 2.27. The number of rotatable bonds is 1. The Morgan fingerprint density at radius 2 is 2.13 bits per heavy atom. The average molecular weight is 223 g/mol. The highest BCUT2D eigenvalue weighted by atomic mass is 32.2. The molecule has 1 N–H and O–H groups in total. The van der Waals surface area contributed by atoms with E-state index in [2.05, 4.69) is 4.98 Å². The Hall–Kier alpha value is -1.29. The summed E-state index contributed by atoms with van der Waals surface area (Å²) in [5.74, 6) is -0.338. The lowest BCUT2D eigenvalue weighted by Gasteiger charge is -2.05. The minimum atomic E-state index is -0.338. The van der Waals surface area contributed by atoms with Crippen LogP contribution in [0.15, 0.2) is 27.9 Å². The van der Waals surface area contributed by atoms with Crippen molar-refractivity contribution in [3.63, 3.8) is 0 Å². The van der Waals surface area contributed by atoms with Crippen molar-refractivity contribution in [1.29, 1.82) is 0 Å². The second-order valence-electron chi connectivity index (χ2n) is 3.30. The van der Waals surface area contributed by atoms with Crippen LogP contribution in [0.1, 0.15) is 5.69 Å². The number of H-pyrrole nitrogens is 1. The summed E-state index contributed by atoms with van der Waals surface area (Å²) in [5, 5.41) is 0.534. The fourth-order valence-electron chi connectivity index (χ4n) is 1.62. The van der Waals surface area contributed by atoms with Gasteiger partial charge in [-0.3, -0.25) is 4.79 Å². The van der Waals surface area contributed by atoms with E-state index in [1.54, 1.807) is 0 Å². The molecule has 1 aromatic carbocycles. The number of fused-ring (bicyclic) bond motifs is 1. The Balaban J connectivity index is 2.91. The lowest BCUT2D eigenvalue weighted by atomic mass is 10.2. The normalized spacial score (nSPS) is 10.9. The van der Waals surface area contributed by atoms with Crippen molar-refractivity contribution in [2.24, 2.45) is 0 Å². The number of hydrogen-bond acceptors (Lipinski definition) is 2. The number of nitrogens with one attached hydrogen (secondary N) is 1. The van der Waals surface area contributed by atoms with Gasteiger partial charge in [-0.25, -0.2) is 4.39 Å². The van der Waals surface area contributed by atoms with Crippen molar-refractivity contribution in [3.05, 3.63) is 39.9 Å². The minimum absolute atomic E-state index is 0.0336. The molecule has 0 bridgehead atoms. The predicted octanol–water partition coefficient (Wildman–Crippen LogP) is 2.70. The third-order valence-corrected chi connectivity index (χ3v) is 3.20. The second-order valence-corrected chi connectivity index (χ2v) is 4.12. The highest BCUT2D eigenvalue weighted by Gasteiger charge is 2.08. The Morgan fingerprint density at radius 1 is 1.40 bits per heavy atom. The lowest BCUT2D eigenvalue weighted by molar-refractivity contribution is 0.629. The molecule has 0 spiro atoms. The minimum Gasteiger partial charge on any atom is -0.357 e. The van der Waals surface area contributed by atoms with Gasteiger partial charge >= 0.3 is 0 Å². The highest BCUT2D eigenvalue weighted by Crippen LogP contribution is 2.18. The molecule has 0 unspecified atom stereocenters. The molecule has 1 heterocycles. The van der Waals surface area contributed by atoms with Gasteiger partial charge in [0.05, 0.1) is 10.4 Å². The van der Waals surface area contributed by atoms with Gasteiger partial charge in [-0.05, 0) is 31.4 Å². The van der Waals surface area contributed by atoms with Gasteiger partial charge < -0.3 is 4.98 Å². The van der Waals surface area contributed by atoms with Gasteiger partial charge in [-0.1, -0.05) is 0 Å². The van der Waals surface area contributed by atoms with E-state index in [1.807, 2.05) is 13.2 Å². The van der Waals surface area contributed by atoms with Crippen molar-refractivity contribution in [1.82, 2.24) is 4.98 Å². The topological polar surface area (TPSA) is 32.9 Å². The molecular formula is C11H10FNOS. The number of aromatic amines is 1. The molecule has 2 rings (SSSR count). The van der Waals surface area contributed by atoms with Crippen LogP contribution in [0.5, 0.6) is 0 Å². The molecule has 0 amide bonds. The first kappa shape index (κ1) is 10.2. The number of hydrogen-bond donors (Lipinski definition) is 1. The van der Waals surface area contributed by atoms with Crippen LogP contribution in [0, 0.1) is 12.7 Å². The first-order valence-electron chi connectivity index (χ1n) is 4.49. The van der Waals surface area contributed by atoms with Crippen LogP contribution in [-0.2, 0) is 0 Å². The number of benzene rings is 1. The van der Waals surface area contributed by atoms with E-state index in [9.17, 15) is 9.18 Å². The van der Waals surface area contributed by atoms with E-state index in [0.29, 0.717) is 15.8 Å². The van der Waals surface area contributed by atoms with Crippen LogP contribution >= 0.6 is 11.8 Å². The maximum Gasteiger partial charge on any atom is 0.203 e. The van der Waals surface area contributed by atoms with Gasteiger partial charge in [0.1, 0.15) is 5.82 Å². The van der Waals surface area contributed by atoms with Crippen molar-refractivity contribution < 1.29 is 4.39 Å². The Bertz CT molecular complexity index is 577. The molecule has 0 saturated heterocycles. The van der Waals surface area contributed by atoms with Crippen LogP contribution in [0.3, 0.4) is 0 Å². The van der Waals surface area contributed by atoms with Gasteiger partial charge in [0.2, 0.25) is 5.43 Å². The lowest BCUT2D eigenvalue weighted by Crippen LogP contribution is -2.08. The molecular weight excluding hydrogens is 213 g/mol. The summed E-state index contributed by atoms with van der Waals surface area (Å²) < 4.78 is 13.0. The van der Waals surface area contributed by atoms with Gasteiger partial charge in [-0.2, -0.15) is 0 Å². The first-order chi connectivity index (χ1) is 7.13. The van der Waals surface area contributed by atoms with Gasteiger partial charge in [0, 0.05) is 11.1 Å². The van der Waals surface area contributed by atoms with Crippen LogP contribution in [0.4, 0.5) is 4.39 Å². The van der Waals surface area contributed by atoms with Crippen LogP contribution in [0.2, 0.25) is 0 Å². The Morgan fingerprint density at radius 3 is 2.80 bits per heavy atom. The number of aryl methyl sites for hydroxylation is 1. The molecule has 4 heteroatoms. The monoisotopic (exact) mass is 223 g/mol. The van der Waals surface area contributed by atoms with Crippen molar-refractivity contribution in [2.75, 3.05) is 6.26 Å².